The molecule has 0 bridgehead atoms. The Morgan fingerprint density at radius 1 is 1.00 bits per heavy atom. The first kappa shape index (κ1) is 14.9. The SMILES string of the molecule is CCCCCC(=O)c1cccc(CCCCC)c1. The monoisotopic (exact) mass is 246 g/mol. The van der Waals surface area contributed by atoms with Crippen LogP contribution in [0, 0.1) is 0 Å². The molecule has 0 aliphatic heterocycles. The van der Waals surface area contributed by atoms with Gasteiger partial charge in [0.25, 0.3) is 0 Å². The van der Waals surface area contributed by atoms with Crippen molar-refractivity contribution in [3.05, 3.63) is 35.4 Å². The van der Waals surface area contributed by atoms with Crippen LogP contribution in [-0.4, -0.2) is 5.78 Å². The molecule has 0 N–H and O–H groups in total. The number of rotatable bonds is 9. The second kappa shape index (κ2) is 8.91. The zero-order valence-electron chi connectivity index (χ0n) is 11.9. The molecule has 0 atom stereocenters. The van der Waals surface area contributed by atoms with Crippen LogP contribution in [0.3, 0.4) is 0 Å². The van der Waals surface area contributed by atoms with Gasteiger partial charge in [0, 0.05) is 12.0 Å². The van der Waals surface area contributed by atoms with Crippen molar-refractivity contribution in [2.24, 2.45) is 0 Å². The number of hydrogen-bond donors (Lipinski definition) is 0. The second-order valence-electron chi connectivity index (χ2n) is 5.04. The van der Waals surface area contributed by atoms with Gasteiger partial charge in [-0.05, 0) is 30.9 Å². The molecule has 0 heterocycles. The highest BCUT2D eigenvalue weighted by molar-refractivity contribution is 5.96. The summed E-state index contributed by atoms with van der Waals surface area (Å²) in [5.41, 5.74) is 2.21. The molecular weight excluding hydrogens is 220 g/mol. The summed E-state index contributed by atoms with van der Waals surface area (Å²) >= 11 is 0. The molecule has 1 rings (SSSR count). The summed E-state index contributed by atoms with van der Waals surface area (Å²) in [6.45, 7) is 4.38. The molecule has 0 amide bonds. The highest BCUT2D eigenvalue weighted by Gasteiger charge is 2.05. The summed E-state index contributed by atoms with van der Waals surface area (Å²) in [6.07, 6.45) is 8.89. The Balaban J connectivity index is 2.49. The lowest BCUT2D eigenvalue weighted by Crippen LogP contribution is -2.00. The van der Waals surface area contributed by atoms with E-state index in [0.29, 0.717) is 12.2 Å². The lowest BCUT2D eigenvalue weighted by molar-refractivity contribution is 0.0979. The fourth-order valence-corrected chi connectivity index (χ4v) is 2.16. The Bertz CT molecular complexity index is 354. The van der Waals surface area contributed by atoms with Gasteiger partial charge < -0.3 is 0 Å². The molecule has 18 heavy (non-hydrogen) atoms. The maximum absolute atomic E-state index is 12.0. The summed E-state index contributed by atoms with van der Waals surface area (Å²) in [4.78, 5) is 12.0. The molecule has 0 aliphatic carbocycles. The van der Waals surface area contributed by atoms with Gasteiger partial charge >= 0.3 is 0 Å². The number of Topliss-reactive ketones (excluding diaryl/α,β-unsaturated/α-hetero) is 1. The highest BCUT2D eigenvalue weighted by atomic mass is 16.1. The van der Waals surface area contributed by atoms with Crippen LogP contribution in [0.5, 0.6) is 0 Å². The molecule has 1 aromatic rings. The fraction of sp³-hybridized carbons (Fsp3) is 0.588. The van der Waals surface area contributed by atoms with Crippen LogP contribution in [0.15, 0.2) is 24.3 Å². The van der Waals surface area contributed by atoms with E-state index in [4.69, 9.17) is 0 Å². The average molecular weight is 246 g/mol. The van der Waals surface area contributed by atoms with Crippen molar-refractivity contribution in [3.8, 4) is 0 Å². The molecule has 0 fully saturated rings. The van der Waals surface area contributed by atoms with Gasteiger partial charge in [-0.1, -0.05) is 57.7 Å². The second-order valence-corrected chi connectivity index (χ2v) is 5.04. The number of carbonyl (C=O) groups is 1. The van der Waals surface area contributed by atoms with Crippen LogP contribution in [0.1, 0.15) is 74.7 Å². The van der Waals surface area contributed by atoms with Gasteiger partial charge in [-0.25, -0.2) is 0 Å². The summed E-state index contributed by atoms with van der Waals surface area (Å²) in [6, 6.07) is 8.20. The van der Waals surface area contributed by atoms with Crippen LogP contribution >= 0.6 is 0 Å². The minimum atomic E-state index is 0.306. The van der Waals surface area contributed by atoms with Crippen molar-refractivity contribution in [2.75, 3.05) is 0 Å². The van der Waals surface area contributed by atoms with Crippen molar-refractivity contribution >= 4 is 5.78 Å². The Morgan fingerprint density at radius 2 is 1.72 bits per heavy atom. The summed E-state index contributed by atoms with van der Waals surface area (Å²) in [7, 11) is 0. The first-order chi connectivity index (χ1) is 8.77. The molecule has 0 unspecified atom stereocenters. The molecule has 0 aromatic heterocycles. The molecule has 0 saturated heterocycles. The number of aryl methyl sites for hydroxylation is 1. The first-order valence-corrected chi connectivity index (χ1v) is 7.40. The molecule has 0 aliphatic rings. The largest absolute Gasteiger partial charge is 0.294 e. The standard InChI is InChI=1S/C17H26O/c1-3-5-7-10-15-11-9-12-16(14-15)17(18)13-8-6-4-2/h9,11-12,14H,3-8,10,13H2,1-2H3. The first-order valence-electron chi connectivity index (χ1n) is 7.40. The third-order valence-electron chi connectivity index (χ3n) is 3.33. The van der Waals surface area contributed by atoms with Crippen LogP contribution in [0.25, 0.3) is 0 Å². The Hall–Kier alpha value is -1.11. The van der Waals surface area contributed by atoms with Gasteiger partial charge in [-0.15, -0.1) is 0 Å². The molecule has 100 valence electrons. The van der Waals surface area contributed by atoms with Gasteiger partial charge in [0.05, 0.1) is 0 Å². The lowest BCUT2D eigenvalue weighted by Gasteiger charge is -2.04. The number of hydrogen-bond acceptors (Lipinski definition) is 1. The number of ketones is 1. The number of unbranched alkanes of at least 4 members (excludes halogenated alkanes) is 4. The Kier molecular flexibility index (Phi) is 7.40. The van der Waals surface area contributed by atoms with Crippen molar-refractivity contribution in [1.82, 2.24) is 0 Å². The summed E-state index contributed by atoms with van der Waals surface area (Å²) < 4.78 is 0. The van der Waals surface area contributed by atoms with Gasteiger partial charge in [0.2, 0.25) is 0 Å². The molecule has 1 nitrogen and oxygen atoms in total. The van der Waals surface area contributed by atoms with Crippen LogP contribution in [0.4, 0.5) is 0 Å². The minimum Gasteiger partial charge on any atom is -0.294 e. The zero-order valence-corrected chi connectivity index (χ0v) is 11.9. The zero-order chi connectivity index (χ0) is 13.2. The predicted octanol–water partition coefficient (Wildman–Crippen LogP) is 5.18. The van der Waals surface area contributed by atoms with Crippen molar-refractivity contribution < 1.29 is 4.79 Å². The average Bonchev–Trinajstić information content (AvgIpc) is 2.39. The van der Waals surface area contributed by atoms with E-state index in [9.17, 15) is 4.79 Å². The Labute approximate surface area is 112 Å². The van der Waals surface area contributed by atoms with Crippen LogP contribution in [0.2, 0.25) is 0 Å². The summed E-state index contributed by atoms with van der Waals surface area (Å²) in [5.74, 6) is 0.306. The molecule has 1 aromatic carbocycles. The molecular formula is C17H26O. The minimum absolute atomic E-state index is 0.306. The van der Waals surface area contributed by atoms with E-state index in [2.05, 4.69) is 26.0 Å². The molecule has 0 saturated carbocycles. The number of benzene rings is 1. The van der Waals surface area contributed by atoms with Crippen LogP contribution in [-0.2, 0) is 6.42 Å². The Morgan fingerprint density at radius 3 is 2.44 bits per heavy atom. The van der Waals surface area contributed by atoms with E-state index >= 15 is 0 Å². The third-order valence-corrected chi connectivity index (χ3v) is 3.33. The molecule has 1 heteroatoms. The van der Waals surface area contributed by atoms with Gasteiger partial charge in [-0.2, -0.15) is 0 Å². The normalized spacial score (nSPS) is 10.6. The van der Waals surface area contributed by atoms with Gasteiger partial charge in [0.1, 0.15) is 0 Å². The van der Waals surface area contributed by atoms with Crippen molar-refractivity contribution in [1.29, 1.82) is 0 Å². The van der Waals surface area contributed by atoms with E-state index in [-0.39, 0.29) is 0 Å². The van der Waals surface area contributed by atoms with Crippen molar-refractivity contribution in [3.63, 3.8) is 0 Å². The number of carbonyl (C=O) groups excluding carboxylic acids is 1. The lowest BCUT2D eigenvalue weighted by atomic mass is 10.00. The van der Waals surface area contributed by atoms with E-state index < -0.39 is 0 Å². The maximum Gasteiger partial charge on any atom is 0.162 e. The maximum atomic E-state index is 12.0. The topological polar surface area (TPSA) is 17.1 Å². The van der Waals surface area contributed by atoms with Gasteiger partial charge in [-0.3, -0.25) is 4.79 Å². The quantitative estimate of drug-likeness (QED) is 0.433. The summed E-state index contributed by atoms with van der Waals surface area (Å²) in [5, 5.41) is 0. The smallest absolute Gasteiger partial charge is 0.162 e. The van der Waals surface area contributed by atoms with E-state index in [1.54, 1.807) is 0 Å². The molecule has 0 radical (unpaired) electrons. The van der Waals surface area contributed by atoms with Crippen LogP contribution < -0.4 is 0 Å². The van der Waals surface area contributed by atoms with Crippen molar-refractivity contribution in [2.45, 2.75) is 65.2 Å². The van der Waals surface area contributed by atoms with E-state index in [1.165, 1.54) is 31.2 Å². The third kappa shape index (κ3) is 5.48. The fourth-order valence-electron chi connectivity index (χ4n) is 2.16. The molecule has 0 spiro atoms. The van der Waals surface area contributed by atoms with E-state index in [0.717, 1.165) is 24.8 Å². The predicted molar refractivity (Wildman–Crippen MR) is 78.1 cm³/mol. The van der Waals surface area contributed by atoms with Gasteiger partial charge in [0.15, 0.2) is 5.78 Å². The highest BCUT2D eigenvalue weighted by Crippen LogP contribution is 2.13. The van der Waals surface area contributed by atoms with E-state index in [1.807, 2.05) is 12.1 Å².